The molecule has 0 spiro atoms. The molecule has 1 aliphatic heterocycles. The maximum absolute atomic E-state index is 11.4. The predicted octanol–water partition coefficient (Wildman–Crippen LogP) is 0.359. The third-order valence-electron chi connectivity index (χ3n) is 2.61. The van der Waals surface area contributed by atoms with Gasteiger partial charge in [0.25, 0.3) is 0 Å². The molecule has 2 N–H and O–H groups in total. The van der Waals surface area contributed by atoms with E-state index < -0.39 is 18.1 Å². The van der Waals surface area contributed by atoms with E-state index in [-0.39, 0.29) is 12.5 Å². The van der Waals surface area contributed by atoms with Gasteiger partial charge in [0.2, 0.25) is 5.91 Å². The molecule has 16 heavy (non-hydrogen) atoms. The summed E-state index contributed by atoms with van der Waals surface area (Å²) in [4.78, 5) is 22.7. The highest BCUT2D eigenvalue weighted by atomic mass is 16.6. The van der Waals surface area contributed by atoms with E-state index in [4.69, 9.17) is 9.84 Å². The van der Waals surface area contributed by atoms with Crippen molar-refractivity contribution in [2.24, 2.45) is 0 Å². The van der Waals surface area contributed by atoms with Crippen LogP contribution in [0, 0.1) is 0 Å². The Morgan fingerprint density at radius 1 is 1.56 bits per heavy atom. The fourth-order valence-corrected chi connectivity index (χ4v) is 1.69. The van der Waals surface area contributed by atoms with Gasteiger partial charge in [0.05, 0.1) is 6.61 Å². The number of esters is 1. The van der Waals surface area contributed by atoms with Gasteiger partial charge in [0.15, 0.2) is 0 Å². The summed E-state index contributed by atoms with van der Waals surface area (Å²) in [7, 11) is 0. The van der Waals surface area contributed by atoms with E-state index >= 15 is 0 Å². The number of ether oxygens (including phenoxy) is 1. The number of cyclic esters (lactones) is 1. The average Bonchev–Trinajstić information content (AvgIpc) is 2.60. The summed E-state index contributed by atoms with van der Waals surface area (Å²) < 4.78 is 4.85. The lowest BCUT2D eigenvalue weighted by Gasteiger charge is -2.08. The lowest BCUT2D eigenvalue weighted by atomic mass is 10.1. The Morgan fingerprint density at radius 2 is 2.31 bits per heavy atom. The van der Waals surface area contributed by atoms with Crippen LogP contribution in [0.15, 0.2) is 0 Å². The van der Waals surface area contributed by atoms with Gasteiger partial charge in [-0.1, -0.05) is 19.8 Å². The van der Waals surface area contributed by atoms with Gasteiger partial charge in [-0.3, -0.25) is 4.79 Å². The fraction of sp³-hybridized carbons (Fsp3) is 0.818. The molecule has 1 rings (SSSR count). The average molecular weight is 229 g/mol. The molecule has 0 saturated carbocycles. The molecule has 1 fully saturated rings. The van der Waals surface area contributed by atoms with Crippen LogP contribution in [-0.4, -0.2) is 35.7 Å². The normalized spacial score (nSPS) is 24.2. The zero-order valence-electron chi connectivity index (χ0n) is 9.57. The van der Waals surface area contributed by atoms with Crippen molar-refractivity contribution in [3.8, 4) is 0 Å². The minimum Gasteiger partial charge on any atom is -0.458 e. The fourth-order valence-electron chi connectivity index (χ4n) is 1.69. The largest absolute Gasteiger partial charge is 0.458 e. The van der Waals surface area contributed by atoms with Crippen LogP contribution in [0.4, 0.5) is 0 Å². The van der Waals surface area contributed by atoms with Crippen LogP contribution in [0.3, 0.4) is 0 Å². The maximum Gasteiger partial charge on any atom is 0.329 e. The Kier molecular flexibility index (Phi) is 5.25. The number of nitrogens with one attached hydrogen (secondary N) is 1. The van der Waals surface area contributed by atoms with Crippen LogP contribution in [0.2, 0.25) is 0 Å². The summed E-state index contributed by atoms with van der Waals surface area (Å²) in [6.45, 7) is 1.88. The molecule has 2 atom stereocenters. The number of rotatable bonds is 6. The van der Waals surface area contributed by atoms with E-state index in [9.17, 15) is 9.59 Å². The molecule has 0 aromatic rings. The van der Waals surface area contributed by atoms with Crippen molar-refractivity contribution in [3.63, 3.8) is 0 Å². The van der Waals surface area contributed by atoms with E-state index in [0.717, 1.165) is 19.3 Å². The van der Waals surface area contributed by atoms with Gasteiger partial charge >= 0.3 is 5.97 Å². The van der Waals surface area contributed by atoms with Crippen molar-refractivity contribution < 1.29 is 19.4 Å². The lowest BCUT2D eigenvalue weighted by molar-refractivity contribution is -0.145. The lowest BCUT2D eigenvalue weighted by Crippen LogP contribution is -2.37. The zero-order chi connectivity index (χ0) is 12.0. The van der Waals surface area contributed by atoms with Gasteiger partial charge in [0, 0.05) is 12.8 Å². The van der Waals surface area contributed by atoms with Crippen molar-refractivity contribution in [1.29, 1.82) is 0 Å². The number of aliphatic hydroxyl groups is 1. The van der Waals surface area contributed by atoms with Crippen molar-refractivity contribution in [2.75, 3.05) is 6.61 Å². The molecule has 1 aliphatic rings. The Balaban J connectivity index is 2.26. The first-order valence-corrected chi connectivity index (χ1v) is 5.78. The molecule has 92 valence electrons. The topological polar surface area (TPSA) is 75.6 Å². The van der Waals surface area contributed by atoms with E-state index in [2.05, 4.69) is 12.2 Å². The van der Waals surface area contributed by atoms with Gasteiger partial charge in [-0.2, -0.15) is 0 Å². The quantitative estimate of drug-likeness (QED) is 0.509. The Hall–Kier alpha value is -1.10. The second-order valence-corrected chi connectivity index (χ2v) is 4.05. The van der Waals surface area contributed by atoms with Crippen molar-refractivity contribution in [3.05, 3.63) is 0 Å². The second-order valence-electron chi connectivity index (χ2n) is 4.05. The minimum atomic E-state index is -0.578. The van der Waals surface area contributed by atoms with E-state index in [1.165, 1.54) is 0 Å². The summed E-state index contributed by atoms with van der Waals surface area (Å²) in [5.41, 5.74) is 0. The van der Waals surface area contributed by atoms with Gasteiger partial charge in [0.1, 0.15) is 12.1 Å². The summed E-state index contributed by atoms with van der Waals surface area (Å²) in [6.07, 6.45) is 3.27. The monoisotopic (exact) mass is 229 g/mol. The molecule has 0 aromatic carbocycles. The first kappa shape index (κ1) is 13.0. The number of unbranched alkanes of at least 4 members (excludes halogenated alkanes) is 2. The number of carbonyl (C=O) groups is 2. The Labute approximate surface area is 95.2 Å². The zero-order valence-corrected chi connectivity index (χ0v) is 9.57. The highest BCUT2D eigenvalue weighted by Gasteiger charge is 2.34. The standard InChI is InChI=1S/C11H19NO4/c1-2-3-4-5-10(14)12-9-6-8(7-13)16-11(9)15/h8-9,13H,2-7H2,1H3,(H,12,14)/t8-,9-/m0/s1. The first-order valence-electron chi connectivity index (χ1n) is 5.78. The minimum absolute atomic E-state index is 0.117. The van der Waals surface area contributed by atoms with Crippen LogP contribution in [0.25, 0.3) is 0 Å². The van der Waals surface area contributed by atoms with Crippen molar-refractivity contribution in [1.82, 2.24) is 5.32 Å². The number of amides is 1. The van der Waals surface area contributed by atoms with Crippen LogP contribution in [-0.2, 0) is 14.3 Å². The highest BCUT2D eigenvalue weighted by molar-refractivity contribution is 5.85. The second kappa shape index (κ2) is 6.48. The van der Waals surface area contributed by atoms with E-state index in [1.807, 2.05) is 0 Å². The Morgan fingerprint density at radius 3 is 2.88 bits per heavy atom. The molecule has 0 bridgehead atoms. The number of aliphatic hydroxyl groups excluding tert-OH is 1. The third kappa shape index (κ3) is 3.81. The van der Waals surface area contributed by atoms with Gasteiger partial charge in [-0.25, -0.2) is 4.79 Å². The molecule has 1 saturated heterocycles. The smallest absolute Gasteiger partial charge is 0.329 e. The van der Waals surface area contributed by atoms with Crippen LogP contribution in [0.5, 0.6) is 0 Å². The summed E-state index contributed by atoms with van der Waals surface area (Å²) in [5.74, 6) is -0.558. The number of hydrogen-bond acceptors (Lipinski definition) is 4. The first-order chi connectivity index (χ1) is 7.67. The Bertz CT molecular complexity index is 254. The van der Waals surface area contributed by atoms with Crippen LogP contribution in [0.1, 0.15) is 39.0 Å². The molecule has 0 aliphatic carbocycles. The summed E-state index contributed by atoms with van der Waals surface area (Å²) in [5, 5.41) is 11.4. The van der Waals surface area contributed by atoms with E-state index in [1.54, 1.807) is 0 Å². The van der Waals surface area contributed by atoms with E-state index in [0.29, 0.717) is 12.8 Å². The van der Waals surface area contributed by atoms with Gasteiger partial charge in [-0.15, -0.1) is 0 Å². The third-order valence-corrected chi connectivity index (χ3v) is 2.61. The number of carbonyl (C=O) groups excluding carboxylic acids is 2. The molecule has 1 heterocycles. The molecular formula is C11H19NO4. The molecule has 5 nitrogen and oxygen atoms in total. The van der Waals surface area contributed by atoms with Gasteiger partial charge < -0.3 is 15.2 Å². The maximum atomic E-state index is 11.4. The number of hydrogen-bond donors (Lipinski definition) is 2. The van der Waals surface area contributed by atoms with Crippen molar-refractivity contribution >= 4 is 11.9 Å². The SMILES string of the molecule is CCCCCC(=O)N[C@H]1C[C@@H](CO)OC1=O. The van der Waals surface area contributed by atoms with Crippen LogP contribution >= 0.6 is 0 Å². The molecule has 5 heteroatoms. The summed E-state index contributed by atoms with van der Waals surface area (Å²) >= 11 is 0. The van der Waals surface area contributed by atoms with Gasteiger partial charge in [-0.05, 0) is 6.42 Å². The molecular weight excluding hydrogens is 210 g/mol. The van der Waals surface area contributed by atoms with Crippen molar-refractivity contribution in [2.45, 2.75) is 51.2 Å². The molecule has 1 amide bonds. The summed E-state index contributed by atoms with van der Waals surface area (Å²) in [6, 6.07) is -0.578. The highest BCUT2D eigenvalue weighted by Crippen LogP contribution is 2.14. The molecule has 0 aromatic heterocycles. The predicted molar refractivity (Wildman–Crippen MR) is 57.7 cm³/mol. The molecule has 0 radical (unpaired) electrons. The molecule has 0 unspecified atom stereocenters. The van der Waals surface area contributed by atoms with Crippen LogP contribution < -0.4 is 5.32 Å².